The molecule has 3 aromatic rings. The molecule has 0 saturated carbocycles. The molecular weight excluding hydrogens is 444 g/mol. The van der Waals surface area contributed by atoms with Gasteiger partial charge in [-0.05, 0) is 47.9 Å². The topological polar surface area (TPSA) is 59.1 Å². The molecule has 0 aliphatic carbocycles. The summed E-state index contributed by atoms with van der Waals surface area (Å²) in [5.74, 6) is 1.43. The van der Waals surface area contributed by atoms with Crippen molar-refractivity contribution in [3.05, 3.63) is 63.0 Å². The Kier molecular flexibility index (Phi) is 6.14. The summed E-state index contributed by atoms with van der Waals surface area (Å²) in [7, 11) is 0. The lowest BCUT2D eigenvalue weighted by molar-refractivity contribution is -0.123. The second kappa shape index (κ2) is 9.34. The fraction of sp³-hybridized carbons (Fsp3) is 0.333. The molecule has 0 radical (unpaired) electrons. The number of ether oxygens (including phenoxy) is 2. The summed E-state index contributed by atoms with van der Waals surface area (Å²) < 4.78 is 11.4. The van der Waals surface area contributed by atoms with Gasteiger partial charge in [0.1, 0.15) is 13.2 Å². The van der Waals surface area contributed by atoms with Crippen LogP contribution in [0.15, 0.2) is 53.2 Å². The Morgan fingerprint density at radius 3 is 2.44 bits per heavy atom. The number of hydrogen-bond donors (Lipinski definition) is 0. The Labute approximate surface area is 195 Å². The van der Waals surface area contributed by atoms with Gasteiger partial charge in [-0.3, -0.25) is 9.59 Å². The molecule has 2 aliphatic heterocycles. The fourth-order valence-corrected chi connectivity index (χ4v) is 5.54. The van der Waals surface area contributed by atoms with E-state index < -0.39 is 0 Å². The molecule has 2 aliphatic rings. The van der Waals surface area contributed by atoms with Crippen LogP contribution in [0.1, 0.15) is 27.4 Å². The maximum absolute atomic E-state index is 13.7. The molecule has 6 nitrogen and oxygen atoms in total. The average molecular weight is 469 g/mol. The molecule has 0 bridgehead atoms. The first-order chi connectivity index (χ1) is 15.7. The molecule has 1 saturated heterocycles. The number of rotatable bonds is 5. The van der Waals surface area contributed by atoms with Gasteiger partial charge in [-0.25, -0.2) is 0 Å². The predicted octanol–water partition coefficient (Wildman–Crippen LogP) is 4.67. The highest BCUT2D eigenvalue weighted by molar-refractivity contribution is 7.12. The second-order valence-corrected chi connectivity index (χ2v) is 9.86. The molecule has 0 N–H and O–H groups in total. The SMILES string of the molecule is O=C(c1cccs1)N1CCC(C(=O)N(Cc2cccs2)c2ccc3c(c2)OCCO3)CC1. The fourth-order valence-electron chi connectivity index (χ4n) is 4.16. The van der Waals surface area contributed by atoms with Crippen LogP contribution in [-0.2, 0) is 11.3 Å². The highest BCUT2D eigenvalue weighted by atomic mass is 32.1. The van der Waals surface area contributed by atoms with E-state index in [1.165, 1.54) is 11.3 Å². The van der Waals surface area contributed by atoms with Crippen molar-refractivity contribution >= 4 is 40.2 Å². The number of benzene rings is 1. The minimum absolute atomic E-state index is 0.0631. The zero-order valence-electron chi connectivity index (χ0n) is 17.6. The number of carbonyl (C=O) groups is 2. The third-order valence-corrected chi connectivity index (χ3v) is 7.58. The quantitative estimate of drug-likeness (QED) is 0.546. The number of nitrogens with zero attached hydrogens (tertiary/aromatic N) is 2. The van der Waals surface area contributed by atoms with Crippen molar-refractivity contribution in [2.24, 2.45) is 5.92 Å². The molecule has 8 heteroatoms. The van der Waals surface area contributed by atoms with Crippen molar-refractivity contribution < 1.29 is 19.1 Å². The van der Waals surface area contributed by atoms with Crippen molar-refractivity contribution in [2.75, 3.05) is 31.2 Å². The third kappa shape index (κ3) is 4.38. The largest absolute Gasteiger partial charge is 0.486 e. The van der Waals surface area contributed by atoms with E-state index in [0.717, 1.165) is 15.4 Å². The number of amides is 2. The minimum Gasteiger partial charge on any atom is -0.486 e. The molecular formula is C24H24N2O4S2. The van der Waals surface area contributed by atoms with Crippen molar-refractivity contribution in [3.63, 3.8) is 0 Å². The lowest BCUT2D eigenvalue weighted by Crippen LogP contribution is -2.44. The van der Waals surface area contributed by atoms with Crippen LogP contribution in [0.5, 0.6) is 11.5 Å². The highest BCUT2D eigenvalue weighted by Gasteiger charge is 2.32. The van der Waals surface area contributed by atoms with Crippen LogP contribution >= 0.6 is 22.7 Å². The Morgan fingerprint density at radius 2 is 1.72 bits per heavy atom. The lowest BCUT2D eigenvalue weighted by Gasteiger charge is -2.34. The normalized spacial score (nSPS) is 16.1. The number of likely N-dealkylation sites (tertiary alicyclic amines) is 1. The van der Waals surface area contributed by atoms with Gasteiger partial charge in [0.25, 0.3) is 5.91 Å². The summed E-state index contributed by atoms with van der Waals surface area (Å²) in [6.07, 6.45) is 1.34. The summed E-state index contributed by atoms with van der Waals surface area (Å²) in [4.78, 5) is 31.9. The van der Waals surface area contributed by atoms with E-state index in [1.807, 2.05) is 63.0 Å². The van der Waals surface area contributed by atoms with Crippen molar-refractivity contribution in [1.82, 2.24) is 4.90 Å². The summed E-state index contributed by atoms with van der Waals surface area (Å²) in [6, 6.07) is 13.5. The molecule has 2 aromatic heterocycles. The first kappa shape index (κ1) is 21.0. The number of hydrogen-bond acceptors (Lipinski definition) is 6. The van der Waals surface area contributed by atoms with Gasteiger partial charge in [-0.2, -0.15) is 0 Å². The molecule has 0 atom stereocenters. The van der Waals surface area contributed by atoms with Gasteiger partial charge in [0.15, 0.2) is 11.5 Å². The zero-order valence-corrected chi connectivity index (χ0v) is 19.2. The first-order valence-electron chi connectivity index (χ1n) is 10.8. The van der Waals surface area contributed by atoms with Crippen molar-refractivity contribution in [3.8, 4) is 11.5 Å². The van der Waals surface area contributed by atoms with Crippen LogP contribution in [0.4, 0.5) is 5.69 Å². The Hall–Kier alpha value is -2.84. The molecule has 166 valence electrons. The van der Waals surface area contributed by atoms with Crippen LogP contribution in [0, 0.1) is 5.92 Å². The van der Waals surface area contributed by atoms with Crippen molar-refractivity contribution in [1.29, 1.82) is 0 Å². The molecule has 0 unspecified atom stereocenters. The van der Waals surface area contributed by atoms with E-state index >= 15 is 0 Å². The van der Waals surface area contributed by atoms with E-state index in [1.54, 1.807) is 11.3 Å². The van der Waals surface area contributed by atoms with E-state index in [9.17, 15) is 9.59 Å². The summed E-state index contributed by atoms with van der Waals surface area (Å²) in [6.45, 7) is 2.76. The monoisotopic (exact) mass is 468 g/mol. The highest BCUT2D eigenvalue weighted by Crippen LogP contribution is 2.36. The van der Waals surface area contributed by atoms with Gasteiger partial charge in [0.05, 0.1) is 11.4 Å². The molecule has 32 heavy (non-hydrogen) atoms. The molecule has 1 fully saturated rings. The smallest absolute Gasteiger partial charge is 0.263 e. The van der Waals surface area contributed by atoms with Gasteiger partial charge >= 0.3 is 0 Å². The van der Waals surface area contributed by atoms with E-state index in [-0.39, 0.29) is 17.7 Å². The van der Waals surface area contributed by atoms with E-state index in [2.05, 4.69) is 0 Å². The standard InChI is InChI=1S/C24H24N2O4S2/c27-23(17-7-9-25(10-8-17)24(28)22-4-2-14-32-22)26(16-19-3-1-13-31-19)18-5-6-20-21(15-18)30-12-11-29-20/h1-6,13-15,17H,7-12,16H2. The van der Waals surface area contributed by atoms with Gasteiger partial charge in [-0.15, -0.1) is 22.7 Å². The molecule has 2 amide bonds. The van der Waals surface area contributed by atoms with Crippen LogP contribution in [0.2, 0.25) is 0 Å². The van der Waals surface area contributed by atoms with Gasteiger partial charge in [0.2, 0.25) is 5.91 Å². The number of piperidine rings is 1. The Balaban J connectivity index is 1.33. The first-order valence-corrected chi connectivity index (χ1v) is 12.5. The molecule has 5 rings (SSSR count). The summed E-state index contributed by atoms with van der Waals surface area (Å²) in [5.41, 5.74) is 0.810. The number of thiophene rings is 2. The molecule has 1 aromatic carbocycles. The van der Waals surface area contributed by atoms with Crippen LogP contribution in [-0.4, -0.2) is 43.0 Å². The number of carbonyl (C=O) groups excluding carboxylic acids is 2. The van der Waals surface area contributed by atoms with E-state index in [0.29, 0.717) is 57.2 Å². The zero-order chi connectivity index (χ0) is 21.9. The number of anilines is 1. The maximum atomic E-state index is 13.7. The van der Waals surface area contributed by atoms with Gasteiger partial charge in [-0.1, -0.05) is 12.1 Å². The minimum atomic E-state index is -0.115. The summed E-state index contributed by atoms with van der Waals surface area (Å²) >= 11 is 3.10. The molecule has 0 spiro atoms. The lowest BCUT2D eigenvalue weighted by atomic mass is 9.94. The maximum Gasteiger partial charge on any atom is 0.263 e. The average Bonchev–Trinajstić information content (AvgIpc) is 3.56. The van der Waals surface area contributed by atoms with Crippen LogP contribution in [0.3, 0.4) is 0 Å². The number of fused-ring (bicyclic) bond motifs is 1. The Morgan fingerprint density at radius 1 is 0.969 bits per heavy atom. The van der Waals surface area contributed by atoms with E-state index in [4.69, 9.17) is 9.47 Å². The van der Waals surface area contributed by atoms with Gasteiger partial charge < -0.3 is 19.3 Å². The predicted molar refractivity (Wildman–Crippen MR) is 126 cm³/mol. The second-order valence-electron chi connectivity index (χ2n) is 7.88. The Bertz CT molecular complexity index is 1070. The van der Waals surface area contributed by atoms with Crippen LogP contribution in [0.25, 0.3) is 0 Å². The third-order valence-electron chi connectivity index (χ3n) is 5.86. The van der Waals surface area contributed by atoms with Crippen LogP contribution < -0.4 is 14.4 Å². The summed E-state index contributed by atoms with van der Waals surface area (Å²) in [5, 5.41) is 3.94. The van der Waals surface area contributed by atoms with Gasteiger partial charge in [0, 0.05) is 35.6 Å². The van der Waals surface area contributed by atoms with Crippen molar-refractivity contribution in [2.45, 2.75) is 19.4 Å². The molecule has 4 heterocycles.